The molecule has 1 saturated carbocycles. The number of carbonyl (C=O) groups excluding carboxylic acids is 4. The van der Waals surface area contributed by atoms with Crippen LogP contribution in [0.5, 0.6) is 0 Å². The summed E-state index contributed by atoms with van der Waals surface area (Å²) < 4.78 is 43.9. The molecule has 1 aliphatic heterocycles. The van der Waals surface area contributed by atoms with E-state index < -0.39 is 66.1 Å². The molecule has 0 bridgehead atoms. The summed E-state index contributed by atoms with van der Waals surface area (Å²) in [4.78, 5) is 49.4. The van der Waals surface area contributed by atoms with Crippen LogP contribution in [0.25, 0.3) is 0 Å². The molecule has 1 saturated heterocycles. The summed E-state index contributed by atoms with van der Waals surface area (Å²) in [6.07, 6.45) is -1.91. The van der Waals surface area contributed by atoms with Gasteiger partial charge in [-0.3, -0.25) is 24.1 Å². The van der Waals surface area contributed by atoms with E-state index in [1.807, 2.05) is 5.32 Å². The van der Waals surface area contributed by atoms with Crippen LogP contribution < -0.4 is 5.32 Å². The molecule has 0 spiro atoms. The minimum Gasteiger partial charge on any atom is -0.454 e. The third-order valence-corrected chi connectivity index (χ3v) is 5.48. The molecule has 30 heavy (non-hydrogen) atoms. The van der Waals surface area contributed by atoms with Crippen LogP contribution in [0.15, 0.2) is 18.2 Å². The number of nitrogens with one attached hydrogen (secondary N) is 1. The maximum atomic E-state index is 13.1. The van der Waals surface area contributed by atoms with Gasteiger partial charge in [0.15, 0.2) is 6.61 Å². The Hall–Kier alpha value is -2.62. The Kier molecular flexibility index (Phi) is 6.35. The zero-order valence-electron chi connectivity index (χ0n) is 15.6. The summed E-state index contributed by atoms with van der Waals surface area (Å²) in [6, 6.07) is 3.00. The van der Waals surface area contributed by atoms with Crippen molar-refractivity contribution < 1.29 is 37.1 Å². The molecule has 1 heterocycles. The first kappa shape index (κ1) is 22.1. The molecule has 2 fully saturated rings. The second-order valence-electron chi connectivity index (χ2n) is 7.13. The lowest BCUT2D eigenvalue weighted by Crippen LogP contribution is -2.37. The monoisotopic (exact) mass is 446 g/mol. The average Bonchev–Trinajstić information content (AvgIpc) is 2.92. The number of halogens is 4. The van der Waals surface area contributed by atoms with Crippen LogP contribution in [0.3, 0.4) is 0 Å². The summed E-state index contributed by atoms with van der Waals surface area (Å²) >= 11 is 5.74. The molecule has 0 radical (unpaired) electrons. The minimum absolute atomic E-state index is 0.333. The van der Waals surface area contributed by atoms with Crippen LogP contribution in [-0.2, 0) is 30.1 Å². The van der Waals surface area contributed by atoms with Crippen LogP contribution >= 0.6 is 11.6 Å². The highest BCUT2D eigenvalue weighted by Crippen LogP contribution is 2.39. The number of esters is 1. The van der Waals surface area contributed by atoms with E-state index in [0.29, 0.717) is 12.8 Å². The van der Waals surface area contributed by atoms with Crippen molar-refractivity contribution in [3.05, 3.63) is 28.8 Å². The number of ether oxygens (including phenoxy) is 1. The number of imide groups is 1. The van der Waals surface area contributed by atoms with Gasteiger partial charge in [-0.05, 0) is 25.0 Å². The maximum absolute atomic E-state index is 13.1. The van der Waals surface area contributed by atoms with Gasteiger partial charge in [0.25, 0.3) is 5.91 Å². The van der Waals surface area contributed by atoms with E-state index in [0.717, 1.165) is 29.9 Å². The Bertz CT molecular complexity index is 865. The first-order valence-corrected chi connectivity index (χ1v) is 9.63. The Labute approximate surface area is 174 Å². The van der Waals surface area contributed by atoms with E-state index in [4.69, 9.17) is 16.3 Å². The van der Waals surface area contributed by atoms with E-state index >= 15 is 0 Å². The Morgan fingerprint density at radius 2 is 1.73 bits per heavy atom. The van der Waals surface area contributed by atoms with Crippen molar-refractivity contribution in [2.45, 2.75) is 31.9 Å². The van der Waals surface area contributed by atoms with Gasteiger partial charge in [0.2, 0.25) is 11.8 Å². The molecule has 2 atom stereocenters. The van der Waals surface area contributed by atoms with E-state index in [1.54, 1.807) is 0 Å². The lowest BCUT2D eigenvalue weighted by atomic mass is 9.81. The molecule has 1 aliphatic carbocycles. The third-order valence-electron chi connectivity index (χ3n) is 5.17. The fourth-order valence-electron chi connectivity index (χ4n) is 3.77. The predicted octanol–water partition coefficient (Wildman–Crippen LogP) is 3.02. The Balaban J connectivity index is 1.57. The topological polar surface area (TPSA) is 92.8 Å². The third kappa shape index (κ3) is 4.58. The summed E-state index contributed by atoms with van der Waals surface area (Å²) in [6.45, 7) is -1.54. The van der Waals surface area contributed by atoms with Crippen molar-refractivity contribution >= 4 is 41.0 Å². The normalized spacial score (nSPS) is 21.4. The highest BCUT2D eigenvalue weighted by molar-refractivity contribution is 6.34. The highest BCUT2D eigenvalue weighted by atomic mass is 35.5. The number of fused-ring (bicyclic) bond motifs is 1. The second kappa shape index (κ2) is 8.63. The van der Waals surface area contributed by atoms with Gasteiger partial charge < -0.3 is 10.1 Å². The molecule has 2 unspecified atom stereocenters. The summed E-state index contributed by atoms with van der Waals surface area (Å²) in [7, 11) is 0. The number of hydrogen-bond acceptors (Lipinski definition) is 5. The van der Waals surface area contributed by atoms with Gasteiger partial charge in [-0.25, -0.2) is 0 Å². The number of anilines is 1. The largest absolute Gasteiger partial charge is 0.454 e. The molecule has 7 nitrogen and oxygen atoms in total. The van der Waals surface area contributed by atoms with Gasteiger partial charge in [0, 0.05) is 0 Å². The predicted molar refractivity (Wildman–Crippen MR) is 98.2 cm³/mol. The zero-order valence-corrected chi connectivity index (χ0v) is 16.4. The van der Waals surface area contributed by atoms with Crippen molar-refractivity contribution in [2.75, 3.05) is 18.5 Å². The molecular weight excluding hydrogens is 429 g/mol. The van der Waals surface area contributed by atoms with Crippen molar-refractivity contribution in [2.24, 2.45) is 11.8 Å². The molecule has 0 aromatic heterocycles. The number of alkyl halides is 3. The number of amides is 3. The fraction of sp³-hybridized carbons (Fsp3) is 0.474. The van der Waals surface area contributed by atoms with E-state index in [9.17, 15) is 32.3 Å². The fourth-order valence-corrected chi connectivity index (χ4v) is 3.99. The number of nitrogens with zero attached hydrogens (tertiary/aromatic N) is 1. The van der Waals surface area contributed by atoms with Crippen LogP contribution in [0, 0.1) is 11.8 Å². The molecule has 1 N–H and O–H groups in total. The summed E-state index contributed by atoms with van der Waals surface area (Å²) in [5.41, 5.74) is -1.80. The molecular formula is C19H18ClF3N2O5. The number of hydrogen-bond donors (Lipinski definition) is 1. The minimum atomic E-state index is -4.75. The summed E-state index contributed by atoms with van der Waals surface area (Å²) in [5, 5.41) is 1.64. The smallest absolute Gasteiger partial charge is 0.418 e. The van der Waals surface area contributed by atoms with Gasteiger partial charge >= 0.3 is 12.1 Å². The molecule has 162 valence electrons. The lowest BCUT2D eigenvalue weighted by Gasteiger charge is -2.19. The van der Waals surface area contributed by atoms with Crippen molar-refractivity contribution in [1.82, 2.24) is 4.90 Å². The maximum Gasteiger partial charge on any atom is 0.418 e. The first-order chi connectivity index (χ1) is 14.1. The van der Waals surface area contributed by atoms with E-state index in [1.165, 1.54) is 6.07 Å². The molecule has 11 heteroatoms. The molecule has 3 rings (SSSR count). The molecule has 2 aliphatic rings. The van der Waals surface area contributed by atoms with Gasteiger partial charge in [-0.1, -0.05) is 30.5 Å². The molecule has 3 amide bonds. The van der Waals surface area contributed by atoms with E-state index in [2.05, 4.69) is 0 Å². The zero-order chi connectivity index (χ0) is 22.1. The van der Waals surface area contributed by atoms with Crippen LogP contribution in [0.1, 0.15) is 31.2 Å². The lowest BCUT2D eigenvalue weighted by molar-refractivity contribution is -0.154. The van der Waals surface area contributed by atoms with Gasteiger partial charge in [0.1, 0.15) is 6.54 Å². The van der Waals surface area contributed by atoms with Gasteiger partial charge in [-0.15, -0.1) is 0 Å². The summed E-state index contributed by atoms with van der Waals surface area (Å²) in [5.74, 6) is -3.78. The highest BCUT2D eigenvalue weighted by Gasteiger charge is 2.48. The van der Waals surface area contributed by atoms with Gasteiger partial charge in [0.05, 0.1) is 28.1 Å². The Morgan fingerprint density at radius 3 is 2.30 bits per heavy atom. The Morgan fingerprint density at radius 1 is 1.13 bits per heavy atom. The standard InChI is InChI=1S/C19H18ClF3N2O5/c20-13-7-3-6-12(19(21,22)23)16(13)24-14(26)9-30-15(27)8-25-17(28)10-4-1-2-5-11(10)18(25)29/h3,6-7,10-11H,1-2,4-5,8-9H2,(H,24,26). The number of likely N-dealkylation sites (tertiary alicyclic amines) is 1. The quantitative estimate of drug-likeness (QED) is 0.554. The number of benzene rings is 1. The van der Waals surface area contributed by atoms with Crippen LogP contribution in [0.2, 0.25) is 5.02 Å². The van der Waals surface area contributed by atoms with E-state index in [-0.39, 0.29) is 5.02 Å². The number of para-hydroxylation sites is 1. The van der Waals surface area contributed by atoms with Gasteiger partial charge in [-0.2, -0.15) is 13.2 Å². The number of rotatable bonds is 5. The van der Waals surface area contributed by atoms with Crippen molar-refractivity contribution in [3.8, 4) is 0 Å². The van der Waals surface area contributed by atoms with Crippen LogP contribution in [0.4, 0.5) is 18.9 Å². The van der Waals surface area contributed by atoms with Crippen LogP contribution in [-0.4, -0.2) is 41.7 Å². The van der Waals surface area contributed by atoms with Crippen molar-refractivity contribution in [1.29, 1.82) is 0 Å². The first-order valence-electron chi connectivity index (χ1n) is 9.26. The number of carbonyl (C=O) groups is 4. The van der Waals surface area contributed by atoms with Crippen molar-refractivity contribution in [3.63, 3.8) is 0 Å². The molecule has 1 aromatic carbocycles. The average molecular weight is 447 g/mol. The molecule has 1 aromatic rings. The SMILES string of the molecule is O=C(COC(=O)CN1C(=O)C2CCCCC2C1=O)Nc1c(Cl)cccc1C(F)(F)F. The second-order valence-corrected chi connectivity index (χ2v) is 7.54.